The van der Waals surface area contributed by atoms with Crippen molar-refractivity contribution in [3.63, 3.8) is 0 Å². The summed E-state index contributed by atoms with van der Waals surface area (Å²) in [6.45, 7) is 8.09. The second-order valence-electron chi connectivity index (χ2n) is 7.03. The lowest BCUT2D eigenvalue weighted by Crippen LogP contribution is -2.45. The Hall–Kier alpha value is -0.890. The molecule has 2 N–H and O–H groups in total. The summed E-state index contributed by atoms with van der Waals surface area (Å²) in [7, 11) is 0. The van der Waals surface area contributed by atoms with Gasteiger partial charge in [-0.25, -0.2) is 4.99 Å². The van der Waals surface area contributed by atoms with Gasteiger partial charge < -0.3 is 10.6 Å². The summed E-state index contributed by atoms with van der Waals surface area (Å²) in [5.74, 6) is 0.917. The van der Waals surface area contributed by atoms with Gasteiger partial charge in [0.15, 0.2) is 5.96 Å². The quantitative estimate of drug-likeness (QED) is 0.406. The van der Waals surface area contributed by atoms with Crippen molar-refractivity contribution in [2.75, 3.05) is 19.6 Å². The molecule has 1 aromatic heterocycles. The number of pyridine rings is 1. The lowest BCUT2D eigenvalue weighted by atomic mass is 10.2. The van der Waals surface area contributed by atoms with Gasteiger partial charge in [-0.05, 0) is 44.7 Å². The topological polar surface area (TPSA) is 52.6 Å². The van der Waals surface area contributed by atoms with Crippen LogP contribution in [0.3, 0.4) is 0 Å². The van der Waals surface area contributed by atoms with Crippen molar-refractivity contribution in [1.29, 1.82) is 0 Å². The van der Waals surface area contributed by atoms with Gasteiger partial charge in [-0.3, -0.25) is 9.88 Å². The summed E-state index contributed by atoms with van der Waals surface area (Å²) in [6, 6.07) is 5.40. The smallest absolute Gasteiger partial charge is 0.191 e. The first-order chi connectivity index (χ1) is 11.8. The minimum absolute atomic E-state index is 0. The van der Waals surface area contributed by atoms with Crippen LogP contribution in [0.1, 0.15) is 50.3 Å². The van der Waals surface area contributed by atoms with E-state index in [0.717, 1.165) is 30.8 Å². The Labute approximate surface area is 169 Å². The molecule has 1 saturated carbocycles. The van der Waals surface area contributed by atoms with Gasteiger partial charge in [0.1, 0.15) is 0 Å². The second-order valence-corrected chi connectivity index (χ2v) is 7.03. The van der Waals surface area contributed by atoms with E-state index in [-0.39, 0.29) is 24.0 Å². The second kappa shape index (κ2) is 10.3. The number of nitrogens with one attached hydrogen (secondary N) is 2. The highest BCUT2D eigenvalue weighted by Crippen LogP contribution is 2.26. The number of aliphatic imine (C=N–C) groups is 1. The van der Waals surface area contributed by atoms with Crippen LogP contribution >= 0.6 is 24.0 Å². The molecule has 2 fully saturated rings. The molecule has 25 heavy (non-hydrogen) atoms. The van der Waals surface area contributed by atoms with E-state index >= 15 is 0 Å². The Morgan fingerprint density at radius 3 is 2.84 bits per heavy atom. The van der Waals surface area contributed by atoms with Crippen molar-refractivity contribution in [2.24, 2.45) is 4.99 Å². The Balaban J connectivity index is 0.00000225. The molecule has 140 valence electrons. The van der Waals surface area contributed by atoms with Gasteiger partial charge in [-0.2, -0.15) is 0 Å². The van der Waals surface area contributed by atoms with Gasteiger partial charge in [0.05, 0.1) is 12.2 Å². The zero-order valence-electron chi connectivity index (χ0n) is 15.5. The van der Waals surface area contributed by atoms with E-state index in [9.17, 15) is 0 Å². The van der Waals surface area contributed by atoms with Crippen LogP contribution < -0.4 is 10.6 Å². The molecule has 1 atom stereocenters. The number of nitrogens with zero attached hydrogens (tertiary/aromatic N) is 3. The molecule has 0 amide bonds. The number of aromatic nitrogens is 1. The molecule has 0 aromatic carbocycles. The molecule has 5 nitrogen and oxygen atoms in total. The van der Waals surface area contributed by atoms with Gasteiger partial charge in [0.25, 0.3) is 0 Å². The SMILES string of the molecule is CCNC(=NCc1ncccc1C)NC1CCN(C2CCCC2)C1.I. The third kappa shape index (κ3) is 5.81. The van der Waals surface area contributed by atoms with Crippen LogP contribution in [0.2, 0.25) is 0 Å². The van der Waals surface area contributed by atoms with Gasteiger partial charge in [-0.15, -0.1) is 24.0 Å². The fourth-order valence-corrected chi connectivity index (χ4v) is 3.86. The maximum atomic E-state index is 4.74. The molecule has 1 aliphatic carbocycles. The number of rotatable bonds is 5. The third-order valence-corrected chi connectivity index (χ3v) is 5.25. The number of halogens is 1. The molecule has 1 unspecified atom stereocenters. The molecule has 2 aliphatic rings. The van der Waals surface area contributed by atoms with Crippen molar-refractivity contribution < 1.29 is 0 Å². The van der Waals surface area contributed by atoms with E-state index in [4.69, 9.17) is 4.99 Å². The molecule has 1 saturated heterocycles. The number of hydrogen-bond donors (Lipinski definition) is 2. The van der Waals surface area contributed by atoms with E-state index in [1.807, 2.05) is 12.3 Å². The minimum atomic E-state index is 0. The Bertz CT molecular complexity index is 557. The maximum Gasteiger partial charge on any atom is 0.191 e. The van der Waals surface area contributed by atoms with Crippen LogP contribution in [0.4, 0.5) is 0 Å². The molecular formula is C19H32IN5. The molecule has 6 heteroatoms. The number of hydrogen-bond acceptors (Lipinski definition) is 3. The monoisotopic (exact) mass is 457 g/mol. The largest absolute Gasteiger partial charge is 0.357 e. The predicted octanol–water partition coefficient (Wildman–Crippen LogP) is 3.08. The maximum absolute atomic E-state index is 4.74. The number of aryl methyl sites for hydroxylation is 1. The van der Waals surface area contributed by atoms with Crippen LogP contribution in [0, 0.1) is 6.92 Å². The Morgan fingerprint density at radius 2 is 2.12 bits per heavy atom. The van der Waals surface area contributed by atoms with Gasteiger partial charge in [-0.1, -0.05) is 18.9 Å². The Morgan fingerprint density at radius 1 is 1.32 bits per heavy atom. The average Bonchev–Trinajstić information content (AvgIpc) is 3.25. The van der Waals surface area contributed by atoms with Crippen molar-refractivity contribution in [1.82, 2.24) is 20.5 Å². The van der Waals surface area contributed by atoms with E-state index in [0.29, 0.717) is 12.6 Å². The first-order valence-corrected chi connectivity index (χ1v) is 9.45. The zero-order valence-corrected chi connectivity index (χ0v) is 17.8. The fraction of sp³-hybridized carbons (Fsp3) is 0.684. The average molecular weight is 457 g/mol. The van der Waals surface area contributed by atoms with E-state index in [1.165, 1.54) is 44.2 Å². The standard InChI is InChI=1S/C19H31N5.HI/c1-3-20-19(22-13-18-15(2)7-6-11-21-18)23-16-10-12-24(14-16)17-8-4-5-9-17;/h6-7,11,16-17H,3-5,8-10,12-14H2,1-2H3,(H2,20,22,23);1H. The zero-order chi connectivity index (χ0) is 16.8. The van der Waals surface area contributed by atoms with E-state index < -0.39 is 0 Å². The van der Waals surface area contributed by atoms with Crippen LogP contribution in [-0.2, 0) is 6.54 Å². The lowest BCUT2D eigenvalue weighted by Gasteiger charge is -2.24. The molecule has 0 bridgehead atoms. The fourth-order valence-electron chi connectivity index (χ4n) is 3.86. The van der Waals surface area contributed by atoms with Crippen molar-refractivity contribution in [3.8, 4) is 0 Å². The third-order valence-electron chi connectivity index (χ3n) is 5.25. The number of likely N-dealkylation sites (tertiary alicyclic amines) is 1. The summed E-state index contributed by atoms with van der Waals surface area (Å²) in [6.07, 6.45) is 8.65. The molecule has 1 aromatic rings. The van der Waals surface area contributed by atoms with Crippen LogP contribution in [0.5, 0.6) is 0 Å². The van der Waals surface area contributed by atoms with Crippen molar-refractivity contribution in [3.05, 3.63) is 29.6 Å². The molecule has 0 radical (unpaired) electrons. The van der Waals surface area contributed by atoms with Crippen LogP contribution in [0.15, 0.2) is 23.3 Å². The molecular weight excluding hydrogens is 425 g/mol. The highest BCUT2D eigenvalue weighted by Gasteiger charge is 2.30. The van der Waals surface area contributed by atoms with Crippen molar-refractivity contribution >= 4 is 29.9 Å². The summed E-state index contributed by atoms with van der Waals surface area (Å²) in [4.78, 5) is 11.9. The van der Waals surface area contributed by atoms with E-state index in [1.54, 1.807) is 0 Å². The van der Waals surface area contributed by atoms with E-state index in [2.05, 4.69) is 40.4 Å². The molecule has 3 rings (SSSR count). The predicted molar refractivity (Wildman–Crippen MR) is 115 cm³/mol. The molecule has 2 heterocycles. The highest BCUT2D eigenvalue weighted by atomic mass is 127. The van der Waals surface area contributed by atoms with Gasteiger partial charge in [0, 0.05) is 37.9 Å². The van der Waals surface area contributed by atoms with Gasteiger partial charge >= 0.3 is 0 Å². The van der Waals surface area contributed by atoms with Gasteiger partial charge in [0.2, 0.25) is 0 Å². The Kier molecular flexibility index (Phi) is 8.42. The molecule has 1 aliphatic heterocycles. The van der Waals surface area contributed by atoms with Crippen LogP contribution in [0.25, 0.3) is 0 Å². The summed E-state index contributed by atoms with van der Waals surface area (Å²) < 4.78 is 0. The number of guanidine groups is 1. The lowest BCUT2D eigenvalue weighted by molar-refractivity contribution is 0.242. The van der Waals surface area contributed by atoms with Crippen LogP contribution in [-0.4, -0.2) is 47.6 Å². The van der Waals surface area contributed by atoms with Crippen molar-refractivity contribution in [2.45, 2.75) is 64.6 Å². The summed E-state index contributed by atoms with van der Waals surface area (Å²) >= 11 is 0. The highest BCUT2D eigenvalue weighted by molar-refractivity contribution is 14.0. The summed E-state index contributed by atoms with van der Waals surface area (Å²) in [5, 5.41) is 7.01. The molecule has 0 spiro atoms. The summed E-state index contributed by atoms with van der Waals surface area (Å²) in [5.41, 5.74) is 2.25. The first-order valence-electron chi connectivity index (χ1n) is 9.45. The minimum Gasteiger partial charge on any atom is -0.357 e. The normalized spacial score (nSPS) is 22.0. The first kappa shape index (κ1) is 20.4.